The van der Waals surface area contributed by atoms with Gasteiger partial charge in [-0.1, -0.05) is 25.1 Å². The Balaban J connectivity index is 0.00000144. The number of carbonyl (C=O) groups is 1. The number of thioether (sulfide) groups is 1. The van der Waals surface area contributed by atoms with Crippen LogP contribution < -0.4 is 34.7 Å². The van der Waals surface area contributed by atoms with Crippen molar-refractivity contribution in [3.8, 4) is 0 Å². The van der Waals surface area contributed by atoms with Crippen molar-refractivity contribution < 1.29 is 39.5 Å². The molecule has 1 aromatic carbocycles. The van der Waals surface area contributed by atoms with Crippen LogP contribution >= 0.6 is 11.8 Å². The number of rotatable bonds is 3. The molecule has 0 spiro atoms. The number of aromatic carboxylic acids is 1. The minimum atomic E-state index is -1.11. The van der Waals surface area contributed by atoms with E-state index in [2.05, 4.69) is 0 Å². The monoisotopic (exact) mass is 204 g/mol. The quantitative estimate of drug-likeness (QED) is 0.429. The number of carbonyl (C=O) groups excluding carboxylic acids is 1. The van der Waals surface area contributed by atoms with Crippen LogP contribution in [0.4, 0.5) is 0 Å². The van der Waals surface area contributed by atoms with Crippen LogP contribution in [0.5, 0.6) is 0 Å². The SMILES string of the molecule is CCSc1ccccc1C(=O)[O-].[Na+]. The Morgan fingerprint density at radius 3 is 2.62 bits per heavy atom. The van der Waals surface area contributed by atoms with Gasteiger partial charge in [-0.2, -0.15) is 0 Å². The topological polar surface area (TPSA) is 40.1 Å². The Kier molecular flexibility index (Phi) is 6.51. The van der Waals surface area contributed by atoms with Gasteiger partial charge in [-0.3, -0.25) is 0 Å². The maximum atomic E-state index is 10.6. The fraction of sp³-hybridized carbons (Fsp3) is 0.222. The molecular formula is C9H9NaO2S. The zero-order valence-electron chi connectivity index (χ0n) is 7.74. The predicted octanol–water partition coefficient (Wildman–Crippen LogP) is -1.83. The van der Waals surface area contributed by atoms with Crippen LogP contribution in [0.15, 0.2) is 29.2 Å². The summed E-state index contributed by atoms with van der Waals surface area (Å²) in [6.45, 7) is 1.98. The smallest absolute Gasteiger partial charge is 0.545 e. The largest absolute Gasteiger partial charge is 1.00 e. The molecule has 0 aliphatic rings. The second-order valence-corrected chi connectivity index (χ2v) is 3.52. The molecule has 4 heteroatoms. The van der Waals surface area contributed by atoms with Crippen molar-refractivity contribution in [2.75, 3.05) is 5.75 Å². The van der Waals surface area contributed by atoms with Crippen LogP contribution in [0.2, 0.25) is 0 Å². The molecule has 0 saturated heterocycles. The molecule has 0 aliphatic carbocycles. The van der Waals surface area contributed by atoms with E-state index in [0.717, 1.165) is 10.6 Å². The number of hydrogen-bond acceptors (Lipinski definition) is 3. The Morgan fingerprint density at radius 2 is 2.08 bits per heavy atom. The summed E-state index contributed by atoms with van der Waals surface area (Å²) in [5, 5.41) is 10.6. The van der Waals surface area contributed by atoms with Gasteiger partial charge in [0.2, 0.25) is 0 Å². The second kappa shape index (κ2) is 6.49. The summed E-state index contributed by atoms with van der Waals surface area (Å²) < 4.78 is 0. The Hall–Kier alpha value is 0.0400. The van der Waals surface area contributed by atoms with Gasteiger partial charge in [0, 0.05) is 10.5 Å². The fourth-order valence-corrected chi connectivity index (χ4v) is 1.71. The molecule has 0 radical (unpaired) electrons. The van der Waals surface area contributed by atoms with Gasteiger partial charge in [0.05, 0.1) is 5.97 Å². The third kappa shape index (κ3) is 3.73. The summed E-state index contributed by atoms with van der Waals surface area (Å²) in [6, 6.07) is 6.88. The average Bonchev–Trinajstić information content (AvgIpc) is 2.05. The van der Waals surface area contributed by atoms with E-state index < -0.39 is 5.97 Å². The van der Waals surface area contributed by atoms with Crippen molar-refractivity contribution in [2.24, 2.45) is 0 Å². The van der Waals surface area contributed by atoms with Crippen molar-refractivity contribution in [3.63, 3.8) is 0 Å². The molecule has 1 rings (SSSR count). The first-order valence-corrected chi connectivity index (χ1v) is 4.67. The van der Waals surface area contributed by atoms with E-state index in [4.69, 9.17) is 0 Å². The van der Waals surface area contributed by atoms with E-state index in [-0.39, 0.29) is 35.1 Å². The van der Waals surface area contributed by atoms with Crippen molar-refractivity contribution >= 4 is 17.7 Å². The summed E-state index contributed by atoms with van der Waals surface area (Å²) in [6.07, 6.45) is 0. The Bertz CT molecular complexity index is 289. The third-order valence-electron chi connectivity index (χ3n) is 1.41. The molecule has 64 valence electrons. The first kappa shape index (κ1) is 13.0. The van der Waals surface area contributed by atoms with Gasteiger partial charge in [-0.25, -0.2) is 0 Å². The maximum Gasteiger partial charge on any atom is 1.00 e. The molecule has 0 saturated carbocycles. The Labute approximate surface area is 104 Å². The van der Waals surface area contributed by atoms with Crippen LogP contribution in [-0.4, -0.2) is 11.7 Å². The van der Waals surface area contributed by atoms with Crippen LogP contribution in [0, 0.1) is 0 Å². The van der Waals surface area contributed by atoms with E-state index in [0.29, 0.717) is 0 Å². The molecule has 0 N–H and O–H groups in total. The molecule has 0 aliphatic heterocycles. The molecule has 0 bridgehead atoms. The molecule has 1 aromatic rings. The molecule has 0 aromatic heterocycles. The van der Waals surface area contributed by atoms with Crippen molar-refractivity contribution in [2.45, 2.75) is 11.8 Å². The summed E-state index contributed by atoms with van der Waals surface area (Å²) in [5.41, 5.74) is 0.282. The van der Waals surface area contributed by atoms with Crippen LogP contribution in [0.3, 0.4) is 0 Å². The molecule has 2 nitrogen and oxygen atoms in total. The van der Waals surface area contributed by atoms with Gasteiger partial charge in [-0.05, 0) is 11.8 Å². The average molecular weight is 204 g/mol. The minimum absolute atomic E-state index is 0. The van der Waals surface area contributed by atoms with E-state index in [1.54, 1.807) is 18.2 Å². The normalized spacial score (nSPS) is 9.00. The van der Waals surface area contributed by atoms with Crippen molar-refractivity contribution in [1.82, 2.24) is 0 Å². The van der Waals surface area contributed by atoms with Gasteiger partial charge < -0.3 is 9.90 Å². The second-order valence-electron chi connectivity index (χ2n) is 2.22. The fourth-order valence-electron chi connectivity index (χ4n) is 0.917. The summed E-state index contributed by atoms with van der Waals surface area (Å²) in [5.74, 6) is -0.240. The summed E-state index contributed by atoms with van der Waals surface area (Å²) in [4.78, 5) is 11.3. The van der Waals surface area contributed by atoms with Crippen LogP contribution in [0.25, 0.3) is 0 Å². The number of benzene rings is 1. The van der Waals surface area contributed by atoms with Crippen LogP contribution in [-0.2, 0) is 0 Å². The summed E-state index contributed by atoms with van der Waals surface area (Å²) >= 11 is 1.51. The third-order valence-corrected chi connectivity index (χ3v) is 2.36. The van der Waals surface area contributed by atoms with Gasteiger partial charge in [-0.15, -0.1) is 11.8 Å². The van der Waals surface area contributed by atoms with Crippen molar-refractivity contribution in [3.05, 3.63) is 29.8 Å². The molecule has 0 unspecified atom stereocenters. The Morgan fingerprint density at radius 1 is 1.46 bits per heavy atom. The first-order valence-electron chi connectivity index (χ1n) is 3.69. The molecule has 13 heavy (non-hydrogen) atoms. The maximum absolute atomic E-state index is 10.6. The molecule has 0 amide bonds. The predicted molar refractivity (Wildman–Crippen MR) is 47.2 cm³/mol. The van der Waals surface area contributed by atoms with E-state index in [1.807, 2.05) is 13.0 Å². The standard InChI is InChI=1S/C9H10O2S.Na/c1-2-12-8-6-4-3-5-7(8)9(10)11;/h3-6H,2H2,1H3,(H,10,11);/q;+1/p-1. The molecular weight excluding hydrogens is 195 g/mol. The number of carboxylic acids is 1. The van der Waals surface area contributed by atoms with E-state index in [9.17, 15) is 9.90 Å². The minimum Gasteiger partial charge on any atom is -0.545 e. The van der Waals surface area contributed by atoms with Gasteiger partial charge in [0.1, 0.15) is 0 Å². The van der Waals surface area contributed by atoms with Crippen molar-refractivity contribution in [1.29, 1.82) is 0 Å². The first-order chi connectivity index (χ1) is 5.75. The molecule has 0 fully saturated rings. The zero-order chi connectivity index (χ0) is 8.97. The van der Waals surface area contributed by atoms with Crippen LogP contribution in [0.1, 0.15) is 17.3 Å². The number of carboxylic acid groups (broad SMARTS) is 1. The van der Waals surface area contributed by atoms with Gasteiger partial charge in [0.15, 0.2) is 0 Å². The molecule has 0 atom stereocenters. The van der Waals surface area contributed by atoms with E-state index in [1.165, 1.54) is 11.8 Å². The zero-order valence-corrected chi connectivity index (χ0v) is 10.6. The van der Waals surface area contributed by atoms with Gasteiger partial charge >= 0.3 is 29.6 Å². The molecule has 0 heterocycles. The van der Waals surface area contributed by atoms with E-state index >= 15 is 0 Å². The van der Waals surface area contributed by atoms with Gasteiger partial charge in [0.25, 0.3) is 0 Å². The summed E-state index contributed by atoms with van der Waals surface area (Å²) in [7, 11) is 0. The number of hydrogen-bond donors (Lipinski definition) is 0.